The summed E-state index contributed by atoms with van der Waals surface area (Å²) in [4.78, 5) is 11.8. The Morgan fingerprint density at radius 2 is 1.67 bits per heavy atom. The molecule has 1 saturated heterocycles. The highest BCUT2D eigenvalue weighted by Crippen LogP contribution is 2.36. The third kappa shape index (κ3) is 3.25. The van der Waals surface area contributed by atoms with Gasteiger partial charge in [-0.05, 0) is 49.6 Å². The summed E-state index contributed by atoms with van der Waals surface area (Å²) in [6.07, 6.45) is 3.42. The molecule has 4 aromatic rings. The second-order valence-electron chi connectivity index (χ2n) is 7.37. The van der Waals surface area contributed by atoms with Crippen LogP contribution in [0.5, 0.6) is 0 Å². The molecule has 0 atom stereocenters. The van der Waals surface area contributed by atoms with Gasteiger partial charge in [-0.3, -0.25) is 0 Å². The van der Waals surface area contributed by atoms with Crippen molar-refractivity contribution in [1.82, 2.24) is 19.7 Å². The summed E-state index contributed by atoms with van der Waals surface area (Å²) in [5, 5.41) is 5.84. The molecule has 0 aliphatic carbocycles. The van der Waals surface area contributed by atoms with E-state index in [1.165, 1.54) is 18.6 Å². The molecule has 6 nitrogen and oxygen atoms in total. The van der Waals surface area contributed by atoms with Crippen LogP contribution in [-0.2, 0) is 0 Å². The highest BCUT2D eigenvalue weighted by molar-refractivity contribution is 6.33. The number of piperidine rings is 1. The molecule has 2 N–H and O–H groups in total. The number of nitrogens with zero attached hydrogens (tertiary/aromatic N) is 5. The summed E-state index contributed by atoms with van der Waals surface area (Å²) in [6, 6.07) is 13.5. The molecule has 0 unspecified atom stereocenters. The van der Waals surface area contributed by atoms with Crippen LogP contribution in [-0.4, -0.2) is 32.8 Å². The van der Waals surface area contributed by atoms with Gasteiger partial charge in [0.25, 0.3) is 0 Å². The van der Waals surface area contributed by atoms with Crippen LogP contribution < -0.4 is 10.6 Å². The maximum Gasteiger partial charge on any atom is 0.228 e. The Morgan fingerprint density at radius 3 is 2.40 bits per heavy atom. The van der Waals surface area contributed by atoms with Crippen LogP contribution in [0.15, 0.2) is 48.5 Å². The number of halogens is 2. The molecule has 0 spiro atoms. The molecule has 5 rings (SSSR count). The lowest BCUT2D eigenvalue weighted by atomic mass is 10.1. The molecule has 8 heteroatoms. The predicted molar refractivity (Wildman–Crippen MR) is 118 cm³/mol. The number of benzene rings is 2. The van der Waals surface area contributed by atoms with Gasteiger partial charge in [0.05, 0.1) is 16.8 Å². The van der Waals surface area contributed by atoms with Crippen molar-refractivity contribution in [2.45, 2.75) is 19.3 Å². The molecule has 30 heavy (non-hydrogen) atoms. The van der Waals surface area contributed by atoms with Crippen molar-refractivity contribution in [3.8, 4) is 16.9 Å². The third-order valence-electron chi connectivity index (χ3n) is 5.40. The minimum absolute atomic E-state index is 0.321. The first-order chi connectivity index (χ1) is 14.6. The number of fused-ring (bicyclic) bond motifs is 1. The fraction of sp³-hybridized carbons (Fsp3) is 0.227. The SMILES string of the molecule is Nc1c2c(-c3ccccc3Cl)nc(N3CCCCC3)nc2nn1-c1ccc(F)cc1. The average Bonchev–Trinajstić information content (AvgIpc) is 3.11. The number of hydrogen-bond donors (Lipinski definition) is 1. The molecule has 2 aromatic carbocycles. The molecule has 1 aliphatic heterocycles. The van der Waals surface area contributed by atoms with Gasteiger partial charge in [0.2, 0.25) is 5.95 Å². The Labute approximate surface area is 178 Å². The summed E-state index contributed by atoms with van der Waals surface area (Å²) < 4.78 is 15.0. The van der Waals surface area contributed by atoms with Gasteiger partial charge in [-0.15, -0.1) is 5.10 Å². The lowest BCUT2D eigenvalue weighted by molar-refractivity contribution is 0.569. The normalized spacial score (nSPS) is 14.4. The van der Waals surface area contributed by atoms with Crippen molar-refractivity contribution in [2.24, 2.45) is 0 Å². The van der Waals surface area contributed by atoms with Crippen molar-refractivity contribution in [3.05, 3.63) is 59.4 Å². The number of rotatable bonds is 3. The van der Waals surface area contributed by atoms with E-state index in [0.29, 0.717) is 39.2 Å². The Kier molecular flexibility index (Phi) is 4.75. The third-order valence-corrected chi connectivity index (χ3v) is 5.73. The van der Waals surface area contributed by atoms with E-state index in [4.69, 9.17) is 27.3 Å². The summed E-state index contributed by atoms with van der Waals surface area (Å²) >= 11 is 6.51. The van der Waals surface area contributed by atoms with E-state index in [0.717, 1.165) is 31.5 Å². The first kappa shape index (κ1) is 18.8. The summed E-state index contributed by atoms with van der Waals surface area (Å²) in [5.41, 5.74) is 9.06. The largest absolute Gasteiger partial charge is 0.383 e. The number of nitrogen functional groups attached to an aromatic ring is 1. The number of hydrogen-bond acceptors (Lipinski definition) is 5. The smallest absolute Gasteiger partial charge is 0.228 e. The number of nitrogens with two attached hydrogens (primary N) is 1. The van der Waals surface area contributed by atoms with E-state index < -0.39 is 0 Å². The summed E-state index contributed by atoms with van der Waals surface area (Å²) in [5.74, 6) is 0.690. The fourth-order valence-corrected chi connectivity index (χ4v) is 4.09. The van der Waals surface area contributed by atoms with Gasteiger partial charge in [0.15, 0.2) is 5.65 Å². The van der Waals surface area contributed by atoms with Gasteiger partial charge in [-0.25, -0.2) is 14.1 Å². The predicted octanol–water partition coefficient (Wildman–Crippen LogP) is 4.85. The molecule has 0 saturated carbocycles. The van der Waals surface area contributed by atoms with Crippen LogP contribution in [0.1, 0.15) is 19.3 Å². The minimum atomic E-state index is -0.321. The second-order valence-corrected chi connectivity index (χ2v) is 7.78. The highest BCUT2D eigenvalue weighted by atomic mass is 35.5. The molecule has 0 radical (unpaired) electrons. The first-order valence-corrected chi connectivity index (χ1v) is 10.3. The molecule has 2 aromatic heterocycles. The van der Waals surface area contributed by atoms with E-state index >= 15 is 0 Å². The van der Waals surface area contributed by atoms with Crippen LogP contribution in [0, 0.1) is 5.82 Å². The Hall–Kier alpha value is -3.19. The molecule has 3 heterocycles. The van der Waals surface area contributed by atoms with Crippen molar-refractivity contribution >= 4 is 34.4 Å². The monoisotopic (exact) mass is 422 g/mol. The zero-order chi connectivity index (χ0) is 20.7. The highest BCUT2D eigenvalue weighted by Gasteiger charge is 2.23. The molecule has 1 fully saturated rings. The van der Waals surface area contributed by atoms with Crippen molar-refractivity contribution in [3.63, 3.8) is 0 Å². The maximum atomic E-state index is 13.4. The Bertz CT molecular complexity index is 1210. The molecule has 152 valence electrons. The summed E-state index contributed by atoms with van der Waals surface area (Å²) in [6.45, 7) is 1.81. The lowest BCUT2D eigenvalue weighted by Gasteiger charge is -2.26. The molecular weight excluding hydrogens is 403 g/mol. The topological polar surface area (TPSA) is 72.9 Å². The van der Waals surface area contributed by atoms with Crippen LogP contribution in [0.4, 0.5) is 16.2 Å². The van der Waals surface area contributed by atoms with Gasteiger partial charge in [-0.1, -0.05) is 29.8 Å². The van der Waals surface area contributed by atoms with Gasteiger partial charge in [0, 0.05) is 23.7 Å². The summed E-state index contributed by atoms with van der Waals surface area (Å²) in [7, 11) is 0. The lowest BCUT2D eigenvalue weighted by Crippen LogP contribution is -2.31. The van der Waals surface area contributed by atoms with Gasteiger partial charge in [-0.2, -0.15) is 4.98 Å². The van der Waals surface area contributed by atoms with E-state index in [-0.39, 0.29) is 5.82 Å². The quantitative estimate of drug-likeness (QED) is 0.511. The van der Waals surface area contributed by atoms with Gasteiger partial charge >= 0.3 is 0 Å². The van der Waals surface area contributed by atoms with Crippen molar-refractivity contribution in [2.75, 3.05) is 23.7 Å². The van der Waals surface area contributed by atoms with Crippen LogP contribution in [0.3, 0.4) is 0 Å². The average molecular weight is 423 g/mol. The minimum Gasteiger partial charge on any atom is -0.383 e. The molecule has 0 bridgehead atoms. The van der Waals surface area contributed by atoms with E-state index in [1.807, 2.05) is 24.3 Å². The molecular formula is C22H20ClFN6. The van der Waals surface area contributed by atoms with Gasteiger partial charge < -0.3 is 10.6 Å². The standard InChI is InChI=1S/C22H20ClFN6/c23-17-7-3-2-6-16(17)19-18-20(25)30(15-10-8-14(24)9-11-15)28-21(18)27-22(26-19)29-12-4-1-5-13-29/h2-3,6-11H,1,4-5,12-13,25H2. The van der Waals surface area contributed by atoms with Crippen LogP contribution in [0.2, 0.25) is 5.02 Å². The van der Waals surface area contributed by atoms with Crippen molar-refractivity contribution in [1.29, 1.82) is 0 Å². The van der Waals surface area contributed by atoms with E-state index in [1.54, 1.807) is 16.8 Å². The number of aromatic nitrogens is 4. The van der Waals surface area contributed by atoms with Crippen molar-refractivity contribution < 1.29 is 4.39 Å². The maximum absolute atomic E-state index is 13.4. The van der Waals surface area contributed by atoms with Crippen LogP contribution in [0.25, 0.3) is 28.0 Å². The molecule has 0 amide bonds. The Morgan fingerprint density at radius 1 is 0.933 bits per heavy atom. The molecule has 1 aliphatic rings. The first-order valence-electron chi connectivity index (χ1n) is 9.94. The Balaban J connectivity index is 1.76. The fourth-order valence-electron chi connectivity index (χ4n) is 3.86. The van der Waals surface area contributed by atoms with Crippen LogP contribution >= 0.6 is 11.6 Å². The van der Waals surface area contributed by atoms with Gasteiger partial charge in [0.1, 0.15) is 11.6 Å². The second kappa shape index (κ2) is 7.57. The van der Waals surface area contributed by atoms with E-state index in [9.17, 15) is 4.39 Å². The number of anilines is 2. The zero-order valence-electron chi connectivity index (χ0n) is 16.2. The zero-order valence-corrected chi connectivity index (χ0v) is 17.0. The van der Waals surface area contributed by atoms with E-state index in [2.05, 4.69) is 10.00 Å².